The van der Waals surface area contributed by atoms with E-state index >= 15 is 0 Å². The molecule has 3 rings (SSSR count). The molecule has 1 aliphatic carbocycles. The van der Waals surface area contributed by atoms with E-state index in [-0.39, 0.29) is 11.8 Å². The summed E-state index contributed by atoms with van der Waals surface area (Å²) in [7, 11) is 0. The number of nitrogens with one attached hydrogen (secondary N) is 1. The standard InChI is InChI=1S/C12H17F3N6/c13-12(14,15)9-7-10(18-11(17-9)19-16)21-5-3-20(4-6-21)8-1-2-8/h7-8H,1-6,16H2,(H,17,18,19). The third kappa shape index (κ3) is 3.18. The van der Waals surface area contributed by atoms with Crippen molar-refractivity contribution in [3.05, 3.63) is 11.8 Å². The second kappa shape index (κ2) is 5.30. The van der Waals surface area contributed by atoms with E-state index < -0.39 is 11.9 Å². The molecule has 2 heterocycles. The van der Waals surface area contributed by atoms with Crippen LogP contribution in [-0.2, 0) is 6.18 Å². The Kier molecular flexibility index (Phi) is 3.62. The minimum atomic E-state index is -4.51. The highest BCUT2D eigenvalue weighted by Crippen LogP contribution is 2.32. The minimum absolute atomic E-state index is 0.218. The summed E-state index contributed by atoms with van der Waals surface area (Å²) >= 11 is 0. The maximum absolute atomic E-state index is 12.8. The van der Waals surface area contributed by atoms with Gasteiger partial charge in [-0.2, -0.15) is 18.2 Å². The van der Waals surface area contributed by atoms with Crippen molar-refractivity contribution >= 4 is 11.8 Å². The van der Waals surface area contributed by atoms with E-state index in [1.807, 2.05) is 4.90 Å². The van der Waals surface area contributed by atoms with Crippen LogP contribution in [0.25, 0.3) is 0 Å². The molecular formula is C12H17F3N6. The zero-order valence-corrected chi connectivity index (χ0v) is 11.4. The number of nitrogen functional groups attached to an aromatic ring is 1. The third-order valence-electron chi connectivity index (χ3n) is 3.83. The summed E-state index contributed by atoms with van der Waals surface area (Å²) in [5, 5.41) is 0. The molecular weight excluding hydrogens is 285 g/mol. The summed E-state index contributed by atoms with van der Waals surface area (Å²) in [6.45, 7) is 3.02. The molecule has 2 fully saturated rings. The van der Waals surface area contributed by atoms with Gasteiger partial charge in [0.05, 0.1) is 0 Å². The molecule has 0 atom stereocenters. The van der Waals surface area contributed by atoms with E-state index in [9.17, 15) is 13.2 Å². The lowest BCUT2D eigenvalue weighted by Gasteiger charge is -2.35. The van der Waals surface area contributed by atoms with E-state index in [1.54, 1.807) is 0 Å². The van der Waals surface area contributed by atoms with E-state index in [1.165, 1.54) is 12.8 Å². The number of nitrogens with two attached hydrogens (primary N) is 1. The molecule has 0 aromatic carbocycles. The van der Waals surface area contributed by atoms with Crippen molar-refractivity contribution in [3.8, 4) is 0 Å². The summed E-state index contributed by atoms with van der Waals surface area (Å²) in [5.41, 5.74) is 1.12. The quantitative estimate of drug-likeness (QED) is 0.643. The molecule has 0 bridgehead atoms. The molecule has 0 spiro atoms. The van der Waals surface area contributed by atoms with Gasteiger partial charge in [0.25, 0.3) is 0 Å². The van der Waals surface area contributed by atoms with Crippen molar-refractivity contribution in [2.75, 3.05) is 36.5 Å². The van der Waals surface area contributed by atoms with Crippen molar-refractivity contribution in [1.82, 2.24) is 14.9 Å². The normalized spacial score (nSPS) is 20.7. The van der Waals surface area contributed by atoms with Gasteiger partial charge in [-0.1, -0.05) is 0 Å². The first kappa shape index (κ1) is 14.3. The van der Waals surface area contributed by atoms with Crippen molar-refractivity contribution in [2.24, 2.45) is 5.84 Å². The van der Waals surface area contributed by atoms with E-state index in [4.69, 9.17) is 5.84 Å². The van der Waals surface area contributed by atoms with Gasteiger partial charge in [0, 0.05) is 38.3 Å². The number of hydrazine groups is 1. The minimum Gasteiger partial charge on any atom is -0.354 e. The predicted octanol–water partition coefficient (Wildman–Crippen LogP) is 1.07. The first-order valence-corrected chi connectivity index (χ1v) is 6.89. The molecule has 1 aromatic rings. The fraction of sp³-hybridized carbons (Fsp3) is 0.667. The Labute approximate surface area is 120 Å². The van der Waals surface area contributed by atoms with Crippen LogP contribution in [0.2, 0.25) is 0 Å². The molecule has 2 aliphatic rings. The molecule has 3 N–H and O–H groups in total. The number of anilines is 2. The number of halogens is 3. The van der Waals surface area contributed by atoms with Crippen molar-refractivity contribution in [1.29, 1.82) is 0 Å². The van der Waals surface area contributed by atoms with E-state index in [2.05, 4.69) is 20.3 Å². The van der Waals surface area contributed by atoms with Gasteiger partial charge < -0.3 is 4.90 Å². The molecule has 0 radical (unpaired) electrons. The van der Waals surface area contributed by atoms with Crippen LogP contribution in [0.1, 0.15) is 18.5 Å². The van der Waals surface area contributed by atoms with Crippen LogP contribution in [-0.4, -0.2) is 47.1 Å². The molecule has 116 valence electrons. The fourth-order valence-corrected chi connectivity index (χ4v) is 2.56. The lowest BCUT2D eigenvalue weighted by atomic mass is 10.3. The molecule has 1 aliphatic heterocycles. The predicted molar refractivity (Wildman–Crippen MR) is 71.7 cm³/mol. The van der Waals surface area contributed by atoms with E-state index in [0.717, 1.165) is 19.2 Å². The Bertz CT molecular complexity index is 508. The Hall–Kier alpha value is -1.61. The average molecular weight is 302 g/mol. The number of rotatable bonds is 3. The van der Waals surface area contributed by atoms with Gasteiger partial charge in [0.15, 0.2) is 5.69 Å². The molecule has 0 unspecified atom stereocenters. The van der Waals surface area contributed by atoms with Crippen LogP contribution in [0.3, 0.4) is 0 Å². The van der Waals surface area contributed by atoms with Crippen molar-refractivity contribution in [2.45, 2.75) is 25.1 Å². The highest BCUT2D eigenvalue weighted by Gasteiger charge is 2.35. The summed E-state index contributed by atoms with van der Waals surface area (Å²) in [6, 6.07) is 1.65. The van der Waals surface area contributed by atoms with Gasteiger partial charge in [-0.15, -0.1) is 0 Å². The van der Waals surface area contributed by atoms with Crippen LogP contribution in [0.4, 0.5) is 24.9 Å². The van der Waals surface area contributed by atoms with Crippen molar-refractivity contribution in [3.63, 3.8) is 0 Å². The smallest absolute Gasteiger partial charge is 0.354 e. The monoisotopic (exact) mass is 302 g/mol. The fourth-order valence-electron chi connectivity index (χ4n) is 2.56. The van der Waals surface area contributed by atoms with Gasteiger partial charge >= 0.3 is 6.18 Å². The summed E-state index contributed by atoms with van der Waals surface area (Å²) < 4.78 is 38.5. The van der Waals surface area contributed by atoms with Gasteiger partial charge in [-0.25, -0.2) is 10.8 Å². The maximum Gasteiger partial charge on any atom is 0.433 e. The number of aromatic nitrogens is 2. The highest BCUT2D eigenvalue weighted by molar-refractivity contribution is 5.45. The van der Waals surface area contributed by atoms with Gasteiger partial charge in [0.1, 0.15) is 5.82 Å². The van der Waals surface area contributed by atoms with Crippen LogP contribution >= 0.6 is 0 Å². The Morgan fingerprint density at radius 2 is 1.81 bits per heavy atom. The lowest BCUT2D eigenvalue weighted by molar-refractivity contribution is -0.141. The Balaban J connectivity index is 1.78. The lowest BCUT2D eigenvalue weighted by Crippen LogP contribution is -2.47. The Morgan fingerprint density at radius 3 is 2.33 bits per heavy atom. The van der Waals surface area contributed by atoms with Crippen LogP contribution < -0.4 is 16.2 Å². The van der Waals surface area contributed by atoms with Crippen LogP contribution in [0.5, 0.6) is 0 Å². The number of nitrogens with zero attached hydrogens (tertiary/aromatic N) is 4. The van der Waals surface area contributed by atoms with E-state index in [0.29, 0.717) is 19.1 Å². The summed E-state index contributed by atoms with van der Waals surface area (Å²) in [6.07, 6.45) is -2.06. The first-order valence-electron chi connectivity index (χ1n) is 6.89. The topological polar surface area (TPSA) is 70.3 Å². The van der Waals surface area contributed by atoms with Gasteiger partial charge in [0.2, 0.25) is 5.95 Å². The number of hydrogen-bond acceptors (Lipinski definition) is 6. The molecule has 0 amide bonds. The molecule has 1 saturated heterocycles. The average Bonchev–Trinajstić information content (AvgIpc) is 3.30. The van der Waals surface area contributed by atoms with Crippen LogP contribution in [0.15, 0.2) is 6.07 Å². The van der Waals surface area contributed by atoms with Crippen LogP contribution in [0, 0.1) is 0 Å². The SMILES string of the molecule is NNc1nc(N2CCN(C3CC3)CC2)cc(C(F)(F)F)n1. The summed E-state index contributed by atoms with van der Waals surface area (Å²) in [5.74, 6) is 5.21. The third-order valence-corrected chi connectivity index (χ3v) is 3.83. The van der Waals surface area contributed by atoms with Gasteiger partial charge in [-0.05, 0) is 12.8 Å². The molecule has 1 saturated carbocycles. The molecule has 1 aromatic heterocycles. The summed E-state index contributed by atoms with van der Waals surface area (Å²) in [4.78, 5) is 11.6. The largest absolute Gasteiger partial charge is 0.433 e. The van der Waals surface area contributed by atoms with Gasteiger partial charge in [-0.3, -0.25) is 10.3 Å². The highest BCUT2D eigenvalue weighted by atomic mass is 19.4. The second-order valence-electron chi connectivity index (χ2n) is 5.33. The van der Waals surface area contributed by atoms with Crippen molar-refractivity contribution < 1.29 is 13.2 Å². The zero-order chi connectivity index (χ0) is 15.0. The first-order chi connectivity index (χ1) is 9.97. The second-order valence-corrected chi connectivity index (χ2v) is 5.33. The number of piperazine rings is 1. The number of hydrogen-bond donors (Lipinski definition) is 2. The molecule has 21 heavy (non-hydrogen) atoms. The zero-order valence-electron chi connectivity index (χ0n) is 11.4. The molecule has 6 nitrogen and oxygen atoms in total. The Morgan fingerprint density at radius 1 is 1.14 bits per heavy atom. The number of alkyl halides is 3. The maximum atomic E-state index is 12.8. The molecule has 9 heteroatoms.